The van der Waals surface area contributed by atoms with Gasteiger partial charge in [0.2, 0.25) is 0 Å². The van der Waals surface area contributed by atoms with Crippen molar-refractivity contribution in [1.29, 1.82) is 0 Å². The highest BCUT2D eigenvalue weighted by Crippen LogP contribution is 2.36. The van der Waals surface area contributed by atoms with Gasteiger partial charge in [0.05, 0.1) is 7.11 Å². The van der Waals surface area contributed by atoms with Crippen LogP contribution in [-0.2, 0) is 11.2 Å². The molecule has 2 aromatic rings. The standard InChI is InChI=1S/C13H13ClN4O2S/c1-7-8-4-3-5-18(11(8)17-16-10(7)14)13-15-9(6-21-13)12(19)20-2/h6H,3-5H2,1-2H3. The number of methoxy groups -OCH3 is 1. The van der Waals surface area contributed by atoms with Crippen LogP contribution in [-0.4, -0.2) is 34.8 Å². The number of nitrogens with zero attached hydrogens (tertiary/aromatic N) is 4. The van der Waals surface area contributed by atoms with Crippen molar-refractivity contribution in [1.82, 2.24) is 15.2 Å². The average molecular weight is 325 g/mol. The molecule has 0 bridgehead atoms. The zero-order valence-corrected chi connectivity index (χ0v) is 13.2. The molecule has 0 spiro atoms. The quantitative estimate of drug-likeness (QED) is 0.791. The highest BCUT2D eigenvalue weighted by molar-refractivity contribution is 7.14. The molecule has 8 heteroatoms. The second-order valence-electron chi connectivity index (χ2n) is 4.68. The van der Waals surface area contributed by atoms with E-state index < -0.39 is 5.97 Å². The van der Waals surface area contributed by atoms with Gasteiger partial charge in [0.15, 0.2) is 21.8 Å². The maximum atomic E-state index is 11.5. The Kier molecular flexibility index (Phi) is 3.77. The Balaban J connectivity index is 2.01. The Hall–Kier alpha value is -1.73. The van der Waals surface area contributed by atoms with Crippen LogP contribution in [0.25, 0.3) is 0 Å². The number of thiazole rings is 1. The van der Waals surface area contributed by atoms with E-state index in [1.54, 1.807) is 5.38 Å². The third kappa shape index (κ3) is 2.47. The van der Waals surface area contributed by atoms with Crippen molar-refractivity contribution < 1.29 is 9.53 Å². The molecule has 6 nitrogen and oxygen atoms in total. The molecule has 0 radical (unpaired) electrons. The Morgan fingerprint density at radius 2 is 2.29 bits per heavy atom. The van der Waals surface area contributed by atoms with E-state index in [-0.39, 0.29) is 0 Å². The van der Waals surface area contributed by atoms with Crippen LogP contribution in [0.2, 0.25) is 5.15 Å². The van der Waals surface area contributed by atoms with E-state index in [2.05, 4.69) is 19.9 Å². The number of fused-ring (bicyclic) bond motifs is 1. The van der Waals surface area contributed by atoms with Gasteiger partial charge in [-0.05, 0) is 25.3 Å². The van der Waals surface area contributed by atoms with E-state index in [1.165, 1.54) is 18.4 Å². The zero-order valence-electron chi connectivity index (χ0n) is 11.6. The minimum atomic E-state index is -0.437. The lowest BCUT2D eigenvalue weighted by Crippen LogP contribution is -2.27. The number of aromatic nitrogens is 3. The predicted molar refractivity (Wildman–Crippen MR) is 80.6 cm³/mol. The molecule has 0 aliphatic carbocycles. The summed E-state index contributed by atoms with van der Waals surface area (Å²) in [7, 11) is 1.34. The molecule has 3 rings (SSSR count). The predicted octanol–water partition coefficient (Wildman–Crippen LogP) is 2.77. The summed E-state index contributed by atoms with van der Waals surface area (Å²) in [6.45, 7) is 2.73. The van der Waals surface area contributed by atoms with Crippen LogP contribution in [0.3, 0.4) is 0 Å². The van der Waals surface area contributed by atoms with Gasteiger partial charge in [-0.2, -0.15) is 0 Å². The molecule has 0 saturated carbocycles. The van der Waals surface area contributed by atoms with Gasteiger partial charge in [-0.25, -0.2) is 9.78 Å². The first-order valence-corrected chi connectivity index (χ1v) is 7.70. The summed E-state index contributed by atoms with van der Waals surface area (Å²) < 4.78 is 4.68. The van der Waals surface area contributed by atoms with E-state index in [4.69, 9.17) is 11.6 Å². The van der Waals surface area contributed by atoms with Gasteiger partial charge in [-0.1, -0.05) is 11.6 Å². The molecule has 21 heavy (non-hydrogen) atoms. The molecule has 1 aliphatic rings. The summed E-state index contributed by atoms with van der Waals surface area (Å²) in [5, 5.41) is 11.0. The average Bonchev–Trinajstić information content (AvgIpc) is 2.99. The number of esters is 1. The lowest BCUT2D eigenvalue weighted by Gasteiger charge is -2.28. The third-order valence-corrected chi connectivity index (χ3v) is 4.67. The second-order valence-corrected chi connectivity index (χ2v) is 5.87. The Labute approximate surface area is 130 Å². The van der Waals surface area contributed by atoms with E-state index in [0.29, 0.717) is 16.0 Å². The first-order chi connectivity index (χ1) is 10.1. The van der Waals surface area contributed by atoms with Crippen LogP contribution < -0.4 is 4.90 Å². The summed E-state index contributed by atoms with van der Waals surface area (Å²) in [5.41, 5.74) is 2.36. The fraction of sp³-hybridized carbons (Fsp3) is 0.385. The Morgan fingerprint density at radius 3 is 3.05 bits per heavy atom. The van der Waals surface area contributed by atoms with E-state index >= 15 is 0 Å². The molecule has 0 aromatic carbocycles. The van der Waals surface area contributed by atoms with Crippen LogP contribution >= 0.6 is 22.9 Å². The first kappa shape index (κ1) is 14.2. The molecular weight excluding hydrogens is 312 g/mol. The number of ether oxygens (including phenoxy) is 1. The van der Waals surface area contributed by atoms with Crippen molar-refractivity contribution >= 4 is 39.9 Å². The van der Waals surface area contributed by atoms with Crippen LogP contribution in [0.5, 0.6) is 0 Å². The molecule has 0 atom stereocenters. The van der Waals surface area contributed by atoms with Crippen molar-refractivity contribution in [2.45, 2.75) is 19.8 Å². The number of rotatable bonds is 2. The molecule has 0 N–H and O–H groups in total. The molecule has 3 heterocycles. The summed E-state index contributed by atoms with van der Waals surface area (Å²) in [6, 6.07) is 0. The molecule has 1 aliphatic heterocycles. The lowest BCUT2D eigenvalue weighted by atomic mass is 10.0. The molecule has 0 unspecified atom stereocenters. The largest absolute Gasteiger partial charge is 0.464 e. The topological polar surface area (TPSA) is 68.2 Å². The molecule has 0 fully saturated rings. The summed E-state index contributed by atoms with van der Waals surface area (Å²) in [4.78, 5) is 17.8. The van der Waals surface area contributed by atoms with E-state index in [1.807, 2.05) is 11.8 Å². The zero-order chi connectivity index (χ0) is 15.0. The van der Waals surface area contributed by atoms with Crippen LogP contribution in [0.1, 0.15) is 28.0 Å². The van der Waals surface area contributed by atoms with Crippen molar-refractivity contribution in [2.75, 3.05) is 18.6 Å². The van der Waals surface area contributed by atoms with Gasteiger partial charge in [0, 0.05) is 17.5 Å². The van der Waals surface area contributed by atoms with Gasteiger partial charge in [0.1, 0.15) is 0 Å². The van der Waals surface area contributed by atoms with Gasteiger partial charge in [-0.3, -0.25) is 0 Å². The molecule has 2 aromatic heterocycles. The number of hydrogen-bond acceptors (Lipinski definition) is 7. The summed E-state index contributed by atoms with van der Waals surface area (Å²) >= 11 is 7.42. The van der Waals surface area contributed by atoms with Crippen molar-refractivity contribution in [3.8, 4) is 0 Å². The normalized spacial score (nSPS) is 14.0. The fourth-order valence-corrected chi connectivity index (χ4v) is 3.30. The Bertz CT molecular complexity index is 703. The Morgan fingerprint density at radius 1 is 1.48 bits per heavy atom. The van der Waals surface area contributed by atoms with E-state index in [9.17, 15) is 4.79 Å². The first-order valence-electron chi connectivity index (χ1n) is 6.45. The van der Waals surface area contributed by atoms with Crippen LogP contribution in [0.15, 0.2) is 5.38 Å². The minimum Gasteiger partial charge on any atom is -0.464 e. The molecular formula is C13H13ClN4O2S. The van der Waals surface area contributed by atoms with Gasteiger partial charge in [0.25, 0.3) is 0 Å². The highest BCUT2D eigenvalue weighted by atomic mass is 35.5. The number of anilines is 2. The fourth-order valence-electron chi connectivity index (χ4n) is 2.33. The highest BCUT2D eigenvalue weighted by Gasteiger charge is 2.26. The van der Waals surface area contributed by atoms with Gasteiger partial charge < -0.3 is 9.64 Å². The third-order valence-electron chi connectivity index (χ3n) is 3.45. The van der Waals surface area contributed by atoms with E-state index in [0.717, 1.165) is 36.3 Å². The lowest BCUT2D eigenvalue weighted by molar-refractivity contribution is 0.0595. The molecule has 0 saturated heterocycles. The SMILES string of the molecule is COC(=O)c1csc(N2CCCc3c2nnc(Cl)c3C)n1. The summed E-state index contributed by atoms with van der Waals surface area (Å²) in [6.07, 6.45) is 1.89. The summed E-state index contributed by atoms with van der Waals surface area (Å²) in [5.74, 6) is 0.335. The smallest absolute Gasteiger partial charge is 0.357 e. The number of hydrogen-bond donors (Lipinski definition) is 0. The second kappa shape index (κ2) is 5.57. The minimum absolute atomic E-state index is 0.309. The maximum Gasteiger partial charge on any atom is 0.357 e. The number of halogens is 1. The van der Waals surface area contributed by atoms with Crippen molar-refractivity contribution in [3.05, 3.63) is 27.4 Å². The molecule has 110 valence electrons. The van der Waals surface area contributed by atoms with Crippen molar-refractivity contribution in [2.24, 2.45) is 0 Å². The maximum absolute atomic E-state index is 11.5. The van der Waals surface area contributed by atoms with Crippen molar-refractivity contribution in [3.63, 3.8) is 0 Å². The van der Waals surface area contributed by atoms with Gasteiger partial charge >= 0.3 is 5.97 Å². The van der Waals surface area contributed by atoms with Crippen LogP contribution in [0, 0.1) is 6.92 Å². The number of carbonyl (C=O) groups is 1. The monoisotopic (exact) mass is 324 g/mol. The molecule has 0 amide bonds. The van der Waals surface area contributed by atoms with Crippen LogP contribution in [0.4, 0.5) is 10.9 Å². The number of carbonyl (C=O) groups excluding carboxylic acids is 1. The van der Waals surface area contributed by atoms with Gasteiger partial charge in [-0.15, -0.1) is 21.5 Å².